The largest absolute Gasteiger partial charge is 0.480 e. The second kappa shape index (κ2) is 3.90. The van der Waals surface area contributed by atoms with Crippen molar-refractivity contribution in [2.75, 3.05) is 13.1 Å². The first-order chi connectivity index (χ1) is 5.61. The summed E-state index contributed by atoms with van der Waals surface area (Å²) >= 11 is 0. The smallest absolute Gasteiger partial charge is 0.320 e. The van der Waals surface area contributed by atoms with Crippen LogP contribution in [-0.2, 0) is 4.79 Å². The Labute approximate surface area is 73.4 Å². The Morgan fingerprint density at radius 2 is 2.33 bits per heavy atom. The van der Waals surface area contributed by atoms with Gasteiger partial charge in [-0.15, -0.1) is 0 Å². The average Bonchev–Trinajstić information content (AvgIpc) is 2.03. The van der Waals surface area contributed by atoms with Crippen LogP contribution in [0.2, 0.25) is 0 Å². The molecule has 1 N–H and O–H groups in total. The molecule has 70 valence electrons. The summed E-state index contributed by atoms with van der Waals surface area (Å²) in [4.78, 5) is 12.7. The molecule has 2 unspecified atom stereocenters. The van der Waals surface area contributed by atoms with Crippen LogP contribution in [0.3, 0.4) is 0 Å². The number of rotatable bonds is 2. The molecule has 0 radical (unpaired) electrons. The topological polar surface area (TPSA) is 40.5 Å². The second-order valence-corrected chi connectivity index (χ2v) is 3.76. The van der Waals surface area contributed by atoms with Crippen LogP contribution in [0.1, 0.15) is 26.7 Å². The first-order valence-electron chi connectivity index (χ1n) is 4.58. The standard InChI is InChI=1S/C9H17NO2/c1-7-4-3-5-10(6-7)8(2)9(11)12/h7-8H,3-6H2,1-2H3,(H,11,12). The highest BCUT2D eigenvalue weighted by atomic mass is 16.4. The molecular formula is C9H17NO2. The van der Waals surface area contributed by atoms with Crippen molar-refractivity contribution in [3.8, 4) is 0 Å². The van der Waals surface area contributed by atoms with Gasteiger partial charge in [-0.1, -0.05) is 6.92 Å². The van der Waals surface area contributed by atoms with Crippen molar-refractivity contribution in [2.45, 2.75) is 32.7 Å². The van der Waals surface area contributed by atoms with Crippen molar-refractivity contribution in [3.63, 3.8) is 0 Å². The van der Waals surface area contributed by atoms with E-state index in [2.05, 4.69) is 11.8 Å². The number of nitrogens with zero attached hydrogens (tertiary/aromatic N) is 1. The molecule has 12 heavy (non-hydrogen) atoms. The Hall–Kier alpha value is -0.570. The van der Waals surface area contributed by atoms with Crippen LogP contribution < -0.4 is 0 Å². The molecule has 1 aliphatic rings. The Bertz CT molecular complexity index is 170. The fourth-order valence-electron chi connectivity index (χ4n) is 1.73. The lowest BCUT2D eigenvalue weighted by Crippen LogP contribution is -2.44. The molecule has 1 saturated heterocycles. The van der Waals surface area contributed by atoms with Crippen molar-refractivity contribution in [2.24, 2.45) is 5.92 Å². The van der Waals surface area contributed by atoms with Crippen LogP contribution >= 0.6 is 0 Å². The molecule has 0 aromatic carbocycles. The minimum Gasteiger partial charge on any atom is -0.480 e. The molecule has 0 bridgehead atoms. The van der Waals surface area contributed by atoms with Gasteiger partial charge in [-0.3, -0.25) is 9.69 Å². The van der Waals surface area contributed by atoms with Crippen molar-refractivity contribution >= 4 is 5.97 Å². The Kier molecular flexibility index (Phi) is 3.09. The average molecular weight is 171 g/mol. The van der Waals surface area contributed by atoms with Gasteiger partial charge in [0.25, 0.3) is 0 Å². The van der Waals surface area contributed by atoms with Crippen molar-refractivity contribution in [1.82, 2.24) is 4.90 Å². The number of likely N-dealkylation sites (tertiary alicyclic amines) is 1. The van der Waals surface area contributed by atoms with E-state index in [0.29, 0.717) is 5.92 Å². The SMILES string of the molecule is CC1CCCN(C(C)C(=O)O)C1. The number of carboxylic acids is 1. The molecule has 1 fully saturated rings. The van der Waals surface area contributed by atoms with E-state index in [1.165, 1.54) is 6.42 Å². The molecule has 0 amide bonds. The summed E-state index contributed by atoms with van der Waals surface area (Å²) < 4.78 is 0. The number of hydrogen-bond donors (Lipinski definition) is 1. The van der Waals surface area contributed by atoms with Gasteiger partial charge < -0.3 is 5.11 Å². The normalized spacial score (nSPS) is 28.3. The lowest BCUT2D eigenvalue weighted by Gasteiger charge is -2.33. The van der Waals surface area contributed by atoms with E-state index in [-0.39, 0.29) is 6.04 Å². The molecule has 1 aliphatic heterocycles. The first-order valence-corrected chi connectivity index (χ1v) is 4.58. The number of piperidine rings is 1. The number of carboxylic acid groups (broad SMARTS) is 1. The van der Waals surface area contributed by atoms with Gasteiger partial charge in [0.15, 0.2) is 0 Å². The van der Waals surface area contributed by atoms with E-state index >= 15 is 0 Å². The lowest BCUT2D eigenvalue weighted by atomic mass is 9.99. The van der Waals surface area contributed by atoms with Gasteiger partial charge in [0.2, 0.25) is 0 Å². The first kappa shape index (κ1) is 9.52. The van der Waals surface area contributed by atoms with E-state index < -0.39 is 5.97 Å². The van der Waals surface area contributed by atoms with Crippen molar-refractivity contribution < 1.29 is 9.90 Å². The minimum atomic E-state index is -0.705. The van der Waals surface area contributed by atoms with Gasteiger partial charge in [-0.2, -0.15) is 0 Å². The molecule has 2 atom stereocenters. The maximum Gasteiger partial charge on any atom is 0.320 e. The summed E-state index contributed by atoms with van der Waals surface area (Å²) in [7, 11) is 0. The van der Waals surface area contributed by atoms with Crippen LogP contribution in [0.25, 0.3) is 0 Å². The molecule has 0 aliphatic carbocycles. The fraction of sp³-hybridized carbons (Fsp3) is 0.889. The number of carbonyl (C=O) groups is 1. The van der Waals surface area contributed by atoms with Crippen LogP contribution in [0.4, 0.5) is 0 Å². The zero-order valence-electron chi connectivity index (χ0n) is 7.79. The predicted octanol–water partition coefficient (Wildman–Crippen LogP) is 1.19. The molecule has 0 spiro atoms. The van der Waals surface area contributed by atoms with Crippen molar-refractivity contribution in [1.29, 1.82) is 0 Å². The highest BCUT2D eigenvalue weighted by Gasteiger charge is 2.24. The van der Waals surface area contributed by atoms with Gasteiger partial charge >= 0.3 is 5.97 Å². The minimum absolute atomic E-state index is 0.312. The Balaban J connectivity index is 2.45. The molecule has 0 aromatic heterocycles. The summed E-state index contributed by atoms with van der Waals surface area (Å²) in [5, 5.41) is 8.78. The van der Waals surface area contributed by atoms with E-state index in [1.807, 2.05) is 0 Å². The van der Waals surface area contributed by atoms with Gasteiger partial charge in [0.1, 0.15) is 6.04 Å². The summed E-state index contributed by atoms with van der Waals surface area (Å²) in [6.45, 7) is 5.83. The zero-order valence-corrected chi connectivity index (χ0v) is 7.79. The van der Waals surface area contributed by atoms with E-state index in [9.17, 15) is 4.79 Å². The predicted molar refractivity (Wildman–Crippen MR) is 47.1 cm³/mol. The van der Waals surface area contributed by atoms with E-state index in [0.717, 1.165) is 19.5 Å². The maximum absolute atomic E-state index is 10.7. The molecule has 0 saturated carbocycles. The number of aliphatic carboxylic acids is 1. The van der Waals surface area contributed by atoms with Gasteiger partial charge in [0, 0.05) is 6.54 Å². The molecule has 3 nitrogen and oxygen atoms in total. The summed E-state index contributed by atoms with van der Waals surface area (Å²) in [5.41, 5.74) is 0. The summed E-state index contributed by atoms with van der Waals surface area (Å²) in [6, 6.07) is -0.312. The quantitative estimate of drug-likeness (QED) is 0.678. The zero-order chi connectivity index (χ0) is 9.14. The Morgan fingerprint density at radius 3 is 2.83 bits per heavy atom. The summed E-state index contributed by atoms with van der Waals surface area (Å²) in [5.74, 6) is -0.0513. The second-order valence-electron chi connectivity index (χ2n) is 3.76. The molecular weight excluding hydrogens is 154 g/mol. The highest BCUT2D eigenvalue weighted by Crippen LogP contribution is 2.17. The Morgan fingerprint density at radius 1 is 1.67 bits per heavy atom. The number of hydrogen-bond acceptors (Lipinski definition) is 2. The van der Waals surface area contributed by atoms with Gasteiger partial charge in [-0.25, -0.2) is 0 Å². The van der Waals surface area contributed by atoms with E-state index in [4.69, 9.17) is 5.11 Å². The molecule has 3 heteroatoms. The monoisotopic (exact) mass is 171 g/mol. The van der Waals surface area contributed by atoms with Crippen LogP contribution in [0.5, 0.6) is 0 Å². The molecule has 1 heterocycles. The lowest BCUT2D eigenvalue weighted by molar-refractivity contribution is -0.143. The third-order valence-corrected chi connectivity index (χ3v) is 2.59. The van der Waals surface area contributed by atoms with Gasteiger partial charge in [-0.05, 0) is 32.2 Å². The molecule has 1 rings (SSSR count). The third-order valence-electron chi connectivity index (χ3n) is 2.59. The van der Waals surface area contributed by atoms with Gasteiger partial charge in [0.05, 0.1) is 0 Å². The van der Waals surface area contributed by atoms with E-state index in [1.54, 1.807) is 6.92 Å². The third kappa shape index (κ3) is 2.21. The van der Waals surface area contributed by atoms with Crippen LogP contribution in [0, 0.1) is 5.92 Å². The fourth-order valence-corrected chi connectivity index (χ4v) is 1.73. The van der Waals surface area contributed by atoms with Crippen molar-refractivity contribution in [3.05, 3.63) is 0 Å². The maximum atomic E-state index is 10.7. The van der Waals surface area contributed by atoms with Crippen LogP contribution in [0.15, 0.2) is 0 Å². The molecule has 0 aromatic rings. The summed E-state index contributed by atoms with van der Waals surface area (Å²) in [6.07, 6.45) is 2.38. The van der Waals surface area contributed by atoms with Crippen LogP contribution in [-0.4, -0.2) is 35.1 Å². The highest BCUT2D eigenvalue weighted by molar-refractivity contribution is 5.72.